The summed E-state index contributed by atoms with van der Waals surface area (Å²) in [6.07, 6.45) is 5.89. The Bertz CT molecular complexity index is 565. The number of benzene rings is 1. The van der Waals surface area contributed by atoms with Crippen LogP contribution < -0.4 is 10.2 Å². The smallest absolute Gasteiger partial charge is 0.123 e. The Morgan fingerprint density at radius 1 is 1.14 bits per heavy atom. The lowest BCUT2D eigenvalue weighted by molar-refractivity contribution is 0.413. The molecule has 1 N–H and O–H groups in total. The molecule has 21 heavy (non-hydrogen) atoms. The summed E-state index contributed by atoms with van der Waals surface area (Å²) in [5.74, 6) is -0.165. The van der Waals surface area contributed by atoms with Crippen LogP contribution in [0.15, 0.2) is 48.8 Å². The van der Waals surface area contributed by atoms with Crippen LogP contribution in [-0.4, -0.2) is 24.1 Å². The van der Waals surface area contributed by atoms with Gasteiger partial charge in [-0.05, 0) is 42.7 Å². The van der Waals surface area contributed by atoms with Crippen molar-refractivity contribution in [3.63, 3.8) is 0 Å². The van der Waals surface area contributed by atoms with E-state index in [-0.39, 0.29) is 5.82 Å². The van der Waals surface area contributed by atoms with Crippen LogP contribution in [0.3, 0.4) is 0 Å². The lowest BCUT2D eigenvalue weighted by atomic mass is 10.0. The molecule has 0 unspecified atom stereocenters. The molecule has 1 aliphatic heterocycles. The summed E-state index contributed by atoms with van der Waals surface area (Å²) in [5, 5.41) is 3.53. The van der Waals surface area contributed by atoms with Gasteiger partial charge in [0.25, 0.3) is 0 Å². The molecule has 0 aliphatic carbocycles. The maximum absolute atomic E-state index is 13.1. The molecule has 2 heterocycles. The van der Waals surface area contributed by atoms with Crippen LogP contribution in [0, 0.1) is 5.82 Å². The minimum Gasteiger partial charge on any atom is -0.371 e. The molecule has 0 saturated carbocycles. The van der Waals surface area contributed by atoms with Gasteiger partial charge in [-0.15, -0.1) is 0 Å². The number of hydrogen-bond acceptors (Lipinski definition) is 3. The SMILES string of the molecule is Fc1cccc(CNC2CCN(c3ccncc3)CC2)c1. The Morgan fingerprint density at radius 2 is 1.90 bits per heavy atom. The summed E-state index contributed by atoms with van der Waals surface area (Å²) in [7, 11) is 0. The summed E-state index contributed by atoms with van der Waals surface area (Å²) in [6, 6.07) is 11.4. The maximum Gasteiger partial charge on any atom is 0.123 e. The molecule has 3 nitrogen and oxygen atoms in total. The first-order valence-corrected chi connectivity index (χ1v) is 7.44. The first-order chi connectivity index (χ1) is 10.3. The summed E-state index contributed by atoms with van der Waals surface area (Å²) >= 11 is 0. The van der Waals surface area contributed by atoms with E-state index in [1.165, 1.54) is 11.8 Å². The molecule has 0 bridgehead atoms. The molecule has 0 radical (unpaired) electrons. The number of nitrogens with one attached hydrogen (secondary N) is 1. The van der Waals surface area contributed by atoms with Crippen LogP contribution in [0.25, 0.3) is 0 Å². The third kappa shape index (κ3) is 3.79. The van der Waals surface area contributed by atoms with Crippen LogP contribution in [0.5, 0.6) is 0 Å². The molecule has 1 fully saturated rings. The molecule has 0 amide bonds. The third-order valence-corrected chi connectivity index (χ3v) is 4.01. The lowest BCUT2D eigenvalue weighted by Crippen LogP contribution is -2.42. The molecule has 1 aromatic carbocycles. The fourth-order valence-electron chi connectivity index (χ4n) is 2.81. The molecule has 2 aromatic rings. The van der Waals surface area contributed by atoms with E-state index in [0.717, 1.165) is 38.0 Å². The van der Waals surface area contributed by atoms with Gasteiger partial charge in [0.05, 0.1) is 0 Å². The van der Waals surface area contributed by atoms with Crippen LogP contribution in [-0.2, 0) is 6.54 Å². The van der Waals surface area contributed by atoms with Gasteiger partial charge in [0.15, 0.2) is 0 Å². The number of halogens is 1. The van der Waals surface area contributed by atoms with Gasteiger partial charge in [-0.1, -0.05) is 12.1 Å². The van der Waals surface area contributed by atoms with Gasteiger partial charge in [0, 0.05) is 43.8 Å². The number of hydrogen-bond donors (Lipinski definition) is 1. The van der Waals surface area contributed by atoms with Crippen LogP contribution in [0.1, 0.15) is 18.4 Å². The van der Waals surface area contributed by atoms with E-state index in [0.29, 0.717) is 6.04 Å². The zero-order chi connectivity index (χ0) is 14.5. The largest absolute Gasteiger partial charge is 0.371 e. The van der Waals surface area contributed by atoms with Gasteiger partial charge in [-0.3, -0.25) is 4.98 Å². The minimum absolute atomic E-state index is 0.165. The highest BCUT2D eigenvalue weighted by molar-refractivity contribution is 5.44. The average molecular weight is 285 g/mol. The zero-order valence-electron chi connectivity index (χ0n) is 12.0. The fraction of sp³-hybridized carbons (Fsp3) is 0.353. The van der Waals surface area contributed by atoms with Gasteiger partial charge in [0.2, 0.25) is 0 Å². The molecule has 3 rings (SSSR count). The summed E-state index contributed by atoms with van der Waals surface area (Å²) in [6.45, 7) is 2.83. The van der Waals surface area contributed by atoms with E-state index in [1.807, 2.05) is 18.5 Å². The highest BCUT2D eigenvalue weighted by atomic mass is 19.1. The second kappa shape index (κ2) is 6.68. The van der Waals surface area contributed by atoms with Gasteiger partial charge < -0.3 is 10.2 Å². The molecular weight excluding hydrogens is 265 g/mol. The first-order valence-electron chi connectivity index (χ1n) is 7.44. The Kier molecular flexibility index (Phi) is 4.46. The molecule has 0 atom stereocenters. The van der Waals surface area contributed by atoms with Crippen molar-refractivity contribution in [3.05, 3.63) is 60.2 Å². The van der Waals surface area contributed by atoms with Crippen molar-refractivity contribution in [2.24, 2.45) is 0 Å². The van der Waals surface area contributed by atoms with Crippen molar-refractivity contribution in [3.8, 4) is 0 Å². The van der Waals surface area contributed by atoms with E-state index in [1.54, 1.807) is 12.1 Å². The number of piperidine rings is 1. The maximum atomic E-state index is 13.1. The number of aromatic nitrogens is 1. The van der Waals surface area contributed by atoms with Gasteiger partial charge in [-0.2, -0.15) is 0 Å². The Morgan fingerprint density at radius 3 is 2.62 bits per heavy atom. The highest BCUT2D eigenvalue weighted by Gasteiger charge is 2.18. The van der Waals surface area contributed by atoms with Gasteiger partial charge in [-0.25, -0.2) is 4.39 Å². The van der Waals surface area contributed by atoms with Crippen LogP contribution >= 0.6 is 0 Å². The number of nitrogens with zero attached hydrogens (tertiary/aromatic N) is 2. The molecule has 1 saturated heterocycles. The zero-order valence-corrected chi connectivity index (χ0v) is 12.0. The Hall–Kier alpha value is -1.94. The molecule has 4 heteroatoms. The van der Waals surface area contributed by atoms with Crippen molar-refractivity contribution >= 4 is 5.69 Å². The Balaban J connectivity index is 1.48. The van der Waals surface area contributed by atoms with Crippen molar-refractivity contribution in [2.45, 2.75) is 25.4 Å². The van der Waals surface area contributed by atoms with E-state index in [9.17, 15) is 4.39 Å². The highest BCUT2D eigenvalue weighted by Crippen LogP contribution is 2.19. The standard InChI is InChI=1S/C17H20FN3/c18-15-3-1-2-14(12-15)13-20-16-6-10-21(11-7-16)17-4-8-19-9-5-17/h1-5,8-9,12,16,20H,6-7,10-11,13H2. The van der Waals surface area contributed by atoms with Gasteiger partial charge in [0.1, 0.15) is 5.82 Å². The molecule has 0 spiro atoms. The normalized spacial score (nSPS) is 16.1. The molecular formula is C17H20FN3. The second-order valence-corrected chi connectivity index (χ2v) is 5.48. The minimum atomic E-state index is -0.165. The number of anilines is 1. The summed E-state index contributed by atoms with van der Waals surface area (Å²) in [5.41, 5.74) is 2.25. The van der Waals surface area contributed by atoms with E-state index >= 15 is 0 Å². The van der Waals surface area contributed by atoms with E-state index in [4.69, 9.17) is 0 Å². The van der Waals surface area contributed by atoms with Crippen LogP contribution in [0.2, 0.25) is 0 Å². The first kappa shape index (κ1) is 14.0. The topological polar surface area (TPSA) is 28.2 Å². The van der Waals surface area contributed by atoms with Gasteiger partial charge >= 0.3 is 0 Å². The van der Waals surface area contributed by atoms with Crippen molar-refractivity contribution in [1.82, 2.24) is 10.3 Å². The van der Waals surface area contributed by atoms with E-state index in [2.05, 4.69) is 27.3 Å². The quantitative estimate of drug-likeness (QED) is 0.936. The Labute approximate surface area is 124 Å². The monoisotopic (exact) mass is 285 g/mol. The van der Waals surface area contributed by atoms with Crippen molar-refractivity contribution < 1.29 is 4.39 Å². The lowest BCUT2D eigenvalue weighted by Gasteiger charge is -2.34. The van der Waals surface area contributed by atoms with Crippen molar-refractivity contribution in [1.29, 1.82) is 0 Å². The molecule has 110 valence electrons. The predicted molar refractivity (Wildman–Crippen MR) is 82.7 cm³/mol. The summed E-state index contributed by atoms with van der Waals surface area (Å²) in [4.78, 5) is 6.45. The number of rotatable bonds is 4. The molecule has 1 aromatic heterocycles. The van der Waals surface area contributed by atoms with E-state index < -0.39 is 0 Å². The molecule has 1 aliphatic rings. The summed E-state index contributed by atoms with van der Waals surface area (Å²) < 4.78 is 13.1. The van der Waals surface area contributed by atoms with Crippen molar-refractivity contribution in [2.75, 3.05) is 18.0 Å². The number of pyridine rings is 1. The second-order valence-electron chi connectivity index (χ2n) is 5.48. The predicted octanol–water partition coefficient (Wildman–Crippen LogP) is 2.98. The van der Waals surface area contributed by atoms with Crippen LogP contribution in [0.4, 0.5) is 10.1 Å². The fourth-order valence-corrected chi connectivity index (χ4v) is 2.81. The third-order valence-electron chi connectivity index (χ3n) is 4.01. The average Bonchev–Trinajstić information content (AvgIpc) is 2.54.